The molecule has 0 fully saturated rings. The normalized spacial score (nSPS) is 22.3. The molecule has 2 atom stereocenters. The summed E-state index contributed by atoms with van der Waals surface area (Å²) < 4.78 is 0.872. The molecule has 4 heteroatoms. The Morgan fingerprint density at radius 1 is 1.00 bits per heavy atom. The molecule has 0 saturated carbocycles. The van der Waals surface area contributed by atoms with Gasteiger partial charge in [0.25, 0.3) is 0 Å². The second-order valence-electron chi connectivity index (χ2n) is 6.96. The van der Waals surface area contributed by atoms with Crippen LogP contribution in [-0.4, -0.2) is 36.6 Å². The van der Waals surface area contributed by atoms with E-state index < -0.39 is 0 Å². The number of halogens is 1. The Morgan fingerprint density at radius 2 is 1.50 bits per heavy atom. The second kappa shape index (κ2) is 12.7. The third-order valence-corrected chi connectivity index (χ3v) is 5.10. The van der Waals surface area contributed by atoms with E-state index in [0.29, 0.717) is 0 Å². The fourth-order valence-corrected chi connectivity index (χ4v) is 3.22. The van der Waals surface area contributed by atoms with Crippen molar-refractivity contribution in [1.82, 2.24) is 0 Å². The van der Waals surface area contributed by atoms with E-state index in [0.717, 1.165) is 24.0 Å². The number of hydrogen-bond donors (Lipinski definition) is 1. The summed E-state index contributed by atoms with van der Waals surface area (Å²) in [6.07, 6.45) is 15.3. The summed E-state index contributed by atoms with van der Waals surface area (Å²) in [7, 11) is 2.24. The number of hydrogen-bond acceptors (Lipinski definition) is 2. The van der Waals surface area contributed by atoms with E-state index in [1.54, 1.807) is 0 Å². The predicted molar refractivity (Wildman–Crippen MR) is 93.5 cm³/mol. The van der Waals surface area contributed by atoms with Gasteiger partial charge in [0.1, 0.15) is 12.7 Å². The van der Waals surface area contributed by atoms with Crippen LogP contribution in [0.25, 0.3) is 0 Å². The molecule has 1 rings (SSSR count). The number of unbranched alkanes of at least 4 members (excludes halogenated alkanes) is 9. The molecular formula is C18H38IN3. The molecule has 3 nitrogen and oxygen atoms in total. The Labute approximate surface area is 155 Å². The average Bonchev–Trinajstić information content (AvgIpc) is 2.84. The quantitative estimate of drug-likeness (QED) is 0.288. The molecule has 1 aliphatic rings. The lowest BCUT2D eigenvalue weighted by Crippen LogP contribution is -3.00. The molecule has 0 bridgehead atoms. The Balaban J connectivity index is 0.00000441. The summed E-state index contributed by atoms with van der Waals surface area (Å²) in [4.78, 5) is 4.69. The molecule has 1 aliphatic heterocycles. The van der Waals surface area contributed by atoms with Gasteiger partial charge in [-0.25, -0.2) is 4.99 Å². The number of aliphatic imine (C=N–C) groups is 1. The highest BCUT2D eigenvalue weighted by atomic mass is 127. The summed E-state index contributed by atoms with van der Waals surface area (Å²) >= 11 is 0. The van der Waals surface area contributed by atoms with Gasteiger partial charge in [-0.05, 0) is 6.42 Å². The SMILES string of the molecule is CCCCCCCCCCCCC1=NCC[N+]1(C)C(C)N.[I-]. The number of rotatable bonds is 12. The van der Waals surface area contributed by atoms with Crippen LogP contribution in [0.1, 0.15) is 84.5 Å². The molecular weight excluding hydrogens is 385 g/mol. The van der Waals surface area contributed by atoms with E-state index in [4.69, 9.17) is 10.7 Å². The van der Waals surface area contributed by atoms with Crippen LogP contribution in [0.4, 0.5) is 0 Å². The summed E-state index contributed by atoms with van der Waals surface area (Å²) in [6, 6.07) is 0. The Morgan fingerprint density at radius 3 is 2.00 bits per heavy atom. The standard InChI is InChI=1S/C18H38N3.HI/c1-4-5-6-7-8-9-10-11-12-13-14-18-20-15-16-21(18,3)17(2)19;/h17H,4-16,19H2,1-3H3;1H/q+1;/p-1. The van der Waals surface area contributed by atoms with Gasteiger partial charge in [0.15, 0.2) is 5.84 Å². The Kier molecular flexibility index (Phi) is 12.9. The monoisotopic (exact) mass is 423 g/mol. The molecule has 2 unspecified atom stereocenters. The largest absolute Gasteiger partial charge is 1.00 e. The molecule has 0 spiro atoms. The molecule has 132 valence electrons. The minimum absolute atomic E-state index is 0. The lowest BCUT2D eigenvalue weighted by Gasteiger charge is -2.33. The Hall–Kier alpha value is 0.320. The van der Waals surface area contributed by atoms with Crippen molar-refractivity contribution in [2.75, 3.05) is 20.1 Å². The third-order valence-electron chi connectivity index (χ3n) is 5.10. The first-order chi connectivity index (χ1) is 10.1. The fourth-order valence-electron chi connectivity index (χ4n) is 3.22. The van der Waals surface area contributed by atoms with Gasteiger partial charge in [0.2, 0.25) is 0 Å². The predicted octanol–water partition coefficient (Wildman–Crippen LogP) is 1.46. The summed E-state index contributed by atoms with van der Waals surface area (Å²) in [5.74, 6) is 1.34. The number of quaternary nitrogens is 1. The van der Waals surface area contributed by atoms with Crippen LogP contribution in [-0.2, 0) is 0 Å². The van der Waals surface area contributed by atoms with E-state index in [-0.39, 0.29) is 30.1 Å². The number of amidine groups is 1. The molecule has 0 saturated heterocycles. The smallest absolute Gasteiger partial charge is 0.199 e. The van der Waals surface area contributed by atoms with Crippen molar-refractivity contribution in [3.05, 3.63) is 0 Å². The maximum Gasteiger partial charge on any atom is 0.199 e. The number of nitrogens with zero attached hydrogens (tertiary/aromatic N) is 2. The molecule has 22 heavy (non-hydrogen) atoms. The third kappa shape index (κ3) is 7.73. The molecule has 0 aromatic heterocycles. The molecule has 0 aromatic carbocycles. The van der Waals surface area contributed by atoms with Crippen LogP contribution >= 0.6 is 0 Å². The molecule has 1 heterocycles. The second-order valence-corrected chi connectivity index (χ2v) is 6.96. The van der Waals surface area contributed by atoms with Crippen molar-refractivity contribution in [3.8, 4) is 0 Å². The van der Waals surface area contributed by atoms with E-state index in [9.17, 15) is 0 Å². The average molecular weight is 423 g/mol. The van der Waals surface area contributed by atoms with Crippen molar-refractivity contribution < 1.29 is 28.5 Å². The van der Waals surface area contributed by atoms with E-state index in [1.165, 1.54) is 70.0 Å². The van der Waals surface area contributed by atoms with Gasteiger partial charge < -0.3 is 24.0 Å². The summed E-state index contributed by atoms with van der Waals surface area (Å²) in [6.45, 7) is 6.44. The van der Waals surface area contributed by atoms with Crippen molar-refractivity contribution >= 4 is 5.84 Å². The van der Waals surface area contributed by atoms with Gasteiger partial charge in [-0.1, -0.05) is 64.7 Å². The summed E-state index contributed by atoms with van der Waals surface area (Å²) in [5, 5.41) is 0. The van der Waals surface area contributed by atoms with Gasteiger partial charge in [-0.3, -0.25) is 10.2 Å². The van der Waals surface area contributed by atoms with Crippen LogP contribution in [0.15, 0.2) is 4.99 Å². The van der Waals surface area contributed by atoms with E-state index >= 15 is 0 Å². The Bertz CT molecular complexity index is 305. The van der Waals surface area contributed by atoms with Crippen molar-refractivity contribution in [3.63, 3.8) is 0 Å². The first-order valence-corrected chi connectivity index (χ1v) is 9.26. The first kappa shape index (κ1) is 22.3. The topological polar surface area (TPSA) is 38.4 Å². The minimum Gasteiger partial charge on any atom is -1.00 e. The van der Waals surface area contributed by atoms with Crippen molar-refractivity contribution in [2.24, 2.45) is 10.7 Å². The van der Waals surface area contributed by atoms with Gasteiger partial charge in [-0.2, -0.15) is 0 Å². The van der Waals surface area contributed by atoms with Crippen molar-refractivity contribution in [2.45, 2.75) is 90.6 Å². The lowest BCUT2D eigenvalue weighted by molar-refractivity contribution is -0.840. The highest BCUT2D eigenvalue weighted by Gasteiger charge is 2.36. The van der Waals surface area contributed by atoms with Crippen LogP contribution in [0.5, 0.6) is 0 Å². The van der Waals surface area contributed by atoms with Crippen LogP contribution < -0.4 is 29.7 Å². The molecule has 0 radical (unpaired) electrons. The first-order valence-electron chi connectivity index (χ1n) is 9.26. The van der Waals surface area contributed by atoms with Crippen LogP contribution in [0.2, 0.25) is 0 Å². The van der Waals surface area contributed by atoms with Crippen LogP contribution in [0.3, 0.4) is 0 Å². The van der Waals surface area contributed by atoms with Gasteiger partial charge in [0.05, 0.1) is 13.6 Å². The molecule has 0 aliphatic carbocycles. The zero-order chi connectivity index (χ0) is 15.6. The van der Waals surface area contributed by atoms with Gasteiger partial charge in [-0.15, -0.1) is 0 Å². The lowest BCUT2D eigenvalue weighted by atomic mass is 10.1. The van der Waals surface area contributed by atoms with Gasteiger partial charge >= 0.3 is 0 Å². The molecule has 0 aromatic rings. The van der Waals surface area contributed by atoms with Crippen LogP contribution in [0, 0.1) is 0 Å². The maximum atomic E-state index is 6.13. The highest BCUT2D eigenvalue weighted by Crippen LogP contribution is 2.19. The van der Waals surface area contributed by atoms with Gasteiger partial charge in [0, 0.05) is 13.3 Å². The molecule has 0 amide bonds. The summed E-state index contributed by atoms with van der Waals surface area (Å²) in [5.41, 5.74) is 6.13. The minimum atomic E-state index is 0. The number of nitrogens with two attached hydrogens (primary N) is 1. The fraction of sp³-hybridized carbons (Fsp3) is 0.944. The zero-order valence-electron chi connectivity index (χ0n) is 15.1. The highest BCUT2D eigenvalue weighted by molar-refractivity contribution is 5.76. The zero-order valence-corrected chi connectivity index (χ0v) is 17.3. The number of likely N-dealkylation sites (N-methyl/N-ethyl adjacent to an activating group) is 1. The van der Waals surface area contributed by atoms with Crippen molar-refractivity contribution in [1.29, 1.82) is 0 Å². The molecule has 2 N–H and O–H groups in total. The van der Waals surface area contributed by atoms with E-state index in [2.05, 4.69) is 20.9 Å². The maximum absolute atomic E-state index is 6.13. The van der Waals surface area contributed by atoms with E-state index in [1.807, 2.05) is 0 Å².